The Balaban J connectivity index is 0.000000110. The van der Waals surface area contributed by atoms with Gasteiger partial charge in [-0.1, -0.05) is 0 Å². The number of pyridine rings is 3. The fourth-order valence-corrected chi connectivity index (χ4v) is 5.61. The predicted octanol–water partition coefficient (Wildman–Crippen LogP) is 4.80. The highest BCUT2D eigenvalue weighted by atomic mass is 15.0. The van der Waals surface area contributed by atoms with Crippen molar-refractivity contribution in [2.24, 2.45) is 9.98 Å². The molecule has 0 amide bonds. The van der Waals surface area contributed by atoms with E-state index in [2.05, 4.69) is 120 Å². The van der Waals surface area contributed by atoms with Gasteiger partial charge in [0.2, 0.25) is 0 Å². The number of nitrogens with one attached hydrogen (secondary N) is 1. The summed E-state index contributed by atoms with van der Waals surface area (Å²) in [6.45, 7) is 0. The van der Waals surface area contributed by atoms with E-state index in [0.717, 1.165) is 55.0 Å². The first-order valence-electron chi connectivity index (χ1n) is 20.5. The summed E-state index contributed by atoms with van der Waals surface area (Å²) in [5.74, 6) is 0. The highest BCUT2D eigenvalue weighted by Crippen LogP contribution is 2.10. The van der Waals surface area contributed by atoms with Crippen LogP contribution in [0.2, 0.25) is 0 Å². The highest BCUT2D eigenvalue weighted by molar-refractivity contribution is 5.83. The van der Waals surface area contributed by atoms with E-state index in [1.807, 2.05) is 48.8 Å². The molecule has 0 saturated heterocycles. The lowest BCUT2D eigenvalue weighted by atomic mass is 10.2. The van der Waals surface area contributed by atoms with Gasteiger partial charge in [0.25, 0.3) is 0 Å². The number of aliphatic imine (C=N–C) groups is 2. The molecule has 0 aliphatic carbocycles. The van der Waals surface area contributed by atoms with Gasteiger partial charge in [0.1, 0.15) is 67.7 Å². The second-order valence-corrected chi connectivity index (χ2v) is 13.4. The second-order valence-electron chi connectivity index (χ2n) is 13.4. The molecule has 24 nitrogen and oxygen atoms in total. The van der Waals surface area contributed by atoms with Crippen molar-refractivity contribution in [3.05, 3.63) is 192 Å². The molecule has 0 bridgehead atoms. The Labute approximate surface area is 395 Å². The van der Waals surface area contributed by atoms with Crippen LogP contribution in [0.15, 0.2) is 202 Å². The molecule has 12 aromatic heterocycles. The van der Waals surface area contributed by atoms with Crippen LogP contribution in [0.3, 0.4) is 0 Å². The highest BCUT2D eigenvalue weighted by Gasteiger charge is 2.12. The summed E-state index contributed by atoms with van der Waals surface area (Å²) in [7, 11) is 0. The van der Waals surface area contributed by atoms with Gasteiger partial charge in [-0.3, -0.25) is 9.97 Å². The Bertz CT molecular complexity index is 2730. The molecule has 0 radical (unpaired) electrons. The molecule has 338 valence electrons. The van der Waals surface area contributed by atoms with E-state index in [1.165, 1.54) is 44.3 Å². The van der Waals surface area contributed by atoms with Gasteiger partial charge in [-0.15, -0.1) is 0 Å². The van der Waals surface area contributed by atoms with Gasteiger partial charge in [-0.25, -0.2) is 105 Å². The van der Waals surface area contributed by atoms with E-state index >= 15 is 0 Å². The van der Waals surface area contributed by atoms with Crippen molar-refractivity contribution in [1.29, 1.82) is 0 Å². The van der Waals surface area contributed by atoms with Gasteiger partial charge in [0, 0.05) is 103 Å². The van der Waals surface area contributed by atoms with Crippen LogP contribution in [-0.2, 0) is 0 Å². The molecular weight excluding hydrogens is 889 g/mol. The first kappa shape index (κ1) is 45.9. The van der Waals surface area contributed by atoms with Crippen molar-refractivity contribution in [3.63, 3.8) is 0 Å². The van der Waals surface area contributed by atoms with Crippen LogP contribution in [0.5, 0.6) is 0 Å². The van der Waals surface area contributed by atoms with Crippen molar-refractivity contribution >= 4 is 78.8 Å². The summed E-state index contributed by atoms with van der Waals surface area (Å²) < 4.78 is 0. The number of nitrogens with zero attached hydrogens (tertiary/aromatic N) is 23. The molecule has 0 saturated carbocycles. The number of dihydropyridines is 1. The minimum Gasteiger partial charge on any atom is -0.378 e. The third-order valence-electron chi connectivity index (χ3n) is 8.84. The summed E-state index contributed by atoms with van der Waals surface area (Å²) >= 11 is 0. The van der Waals surface area contributed by atoms with Gasteiger partial charge in [-0.05, 0) is 42.6 Å². The lowest BCUT2D eigenvalue weighted by Gasteiger charge is -2.17. The summed E-state index contributed by atoms with van der Waals surface area (Å²) in [6, 6.07) is 7.73. The SMILES string of the molecule is C1=CNC2C=NC=NC2=C1.c1cc2cncnc2cn1.c1cc2ncncc2cn1.c1cnc2nccnc2n1.c1cnc2ncncc2c1.c1ncc2cncnc2n1.c1ncc2ncncc2n1. The second kappa shape index (κ2) is 25.2. The van der Waals surface area contributed by atoms with Gasteiger partial charge in [0.05, 0.1) is 40.7 Å². The molecule has 0 aromatic carbocycles. The third-order valence-corrected chi connectivity index (χ3v) is 8.84. The molecule has 0 spiro atoms. The van der Waals surface area contributed by atoms with Crippen LogP contribution in [0, 0.1) is 0 Å². The van der Waals surface area contributed by atoms with Gasteiger partial charge >= 0.3 is 0 Å². The number of aromatic nitrogens is 21. The first-order chi connectivity index (χ1) is 34.8. The normalized spacial score (nSPS) is 12.5. The van der Waals surface area contributed by atoms with Gasteiger partial charge in [0.15, 0.2) is 22.6 Å². The Morgan fingerprint density at radius 3 is 1.44 bits per heavy atom. The molecule has 14 heterocycles. The Morgan fingerprint density at radius 2 is 0.843 bits per heavy atom. The predicted molar refractivity (Wildman–Crippen MR) is 259 cm³/mol. The maximum atomic E-state index is 4.08. The lowest BCUT2D eigenvalue weighted by Crippen LogP contribution is -2.30. The minimum atomic E-state index is 0.190. The molecule has 1 unspecified atom stereocenters. The zero-order valence-corrected chi connectivity index (χ0v) is 36.3. The third kappa shape index (κ3) is 13.7. The van der Waals surface area contributed by atoms with Crippen LogP contribution < -0.4 is 5.32 Å². The van der Waals surface area contributed by atoms with Gasteiger partial charge < -0.3 is 5.32 Å². The summed E-state index contributed by atoms with van der Waals surface area (Å²) in [4.78, 5) is 90.2. The van der Waals surface area contributed by atoms with E-state index in [0.29, 0.717) is 16.9 Å². The maximum absolute atomic E-state index is 4.08. The molecule has 24 heteroatoms. The molecule has 1 N–H and O–H groups in total. The van der Waals surface area contributed by atoms with Crippen LogP contribution in [0.25, 0.3) is 66.2 Å². The molecule has 12 aromatic rings. The average molecular weight is 923 g/mol. The number of rotatable bonds is 0. The summed E-state index contributed by atoms with van der Waals surface area (Å²) in [6.07, 6.45) is 46.6. The molecule has 2 aliphatic rings. The average Bonchev–Trinajstić information content (AvgIpc) is 3.46. The Kier molecular flexibility index (Phi) is 16.5. The van der Waals surface area contributed by atoms with Crippen LogP contribution in [0.4, 0.5) is 0 Å². The van der Waals surface area contributed by atoms with Crippen LogP contribution in [0.1, 0.15) is 0 Å². The summed E-state index contributed by atoms with van der Waals surface area (Å²) in [5, 5.41) is 6.95. The topological polar surface area (TPSA) is 307 Å². The first-order valence-corrected chi connectivity index (χ1v) is 20.5. The minimum absolute atomic E-state index is 0.190. The fraction of sp³-hybridized carbons (Fsp3) is 0.0217. The number of hydrogen-bond acceptors (Lipinski definition) is 24. The largest absolute Gasteiger partial charge is 0.378 e. The number of allylic oxidation sites excluding steroid dienone is 2. The number of hydrogen-bond donors (Lipinski definition) is 1. The van der Waals surface area contributed by atoms with Crippen molar-refractivity contribution < 1.29 is 0 Å². The van der Waals surface area contributed by atoms with Crippen molar-refractivity contribution in [1.82, 2.24) is 110 Å². The molecule has 0 fully saturated rings. The molecule has 1 atom stereocenters. The molecule has 2 aliphatic heterocycles. The monoisotopic (exact) mass is 922 g/mol. The summed E-state index contributed by atoms with van der Waals surface area (Å²) in [5.41, 5.74) is 7.01. The standard InChI is InChI=1S/2C7H5N3.C7H7N3.C7H5N3.3C6H4N4/c1-2-8-3-6-4-9-5-10-7(1)6;1-2-8-4-7-6(1)3-9-5-10-7;1-2-6-7(9-3-1)4-8-5-10-6;1-2-6-4-8-5-10-7(6)9-3-1;1-5-6(10-3-7-1)2-8-4-9-5;1-5-2-8-4-10-6(5)9-3-7-1;1-2-8-6-5(7-1)9-3-4-10-6/h2*1-5H;1-5,7,9H;1-5H;3*1-4H. The van der Waals surface area contributed by atoms with Crippen molar-refractivity contribution in [2.45, 2.75) is 6.04 Å². The zero-order valence-electron chi connectivity index (χ0n) is 36.3. The van der Waals surface area contributed by atoms with E-state index in [4.69, 9.17) is 0 Å². The smallest absolute Gasteiger partial charge is 0.197 e. The van der Waals surface area contributed by atoms with Crippen molar-refractivity contribution in [3.8, 4) is 0 Å². The van der Waals surface area contributed by atoms with E-state index in [9.17, 15) is 0 Å². The van der Waals surface area contributed by atoms with Crippen LogP contribution in [-0.4, -0.2) is 123 Å². The number of fused-ring (bicyclic) bond motifs is 7. The maximum Gasteiger partial charge on any atom is 0.197 e. The van der Waals surface area contributed by atoms with Crippen LogP contribution >= 0.6 is 0 Å². The molecular formula is C46H34N24. The van der Waals surface area contributed by atoms with Gasteiger partial charge in [-0.2, -0.15) is 0 Å². The van der Waals surface area contributed by atoms with E-state index < -0.39 is 0 Å². The lowest BCUT2D eigenvalue weighted by molar-refractivity contribution is 0.815. The Hall–Kier alpha value is -10.7. The Morgan fingerprint density at radius 1 is 0.357 bits per heavy atom. The van der Waals surface area contributed by atoms with E-state index in [1.54, 1.807) is 105 Å². The van der Waals surface area contributed by atoms with E-state index in [-0.39, 0.29) is 6.04 Å². The quantitative estimate of drug-likeness (QED) is 0.213. The zero-order chi connectivity index (χ0) is 47.7. The molecule has 70 heavy (non-hydrogen) atoms. The van der Waals surface area contributed by atoms with Crippen molar-refractivity contribution in [2.75, 3.05) is 0 Å². The molecule has 14 rings (SSSR count). The fourth-order valence-electron chi connectivity index (χ4n) is 5.61.